The molecule has 1 fully saturated rings. The van der Waals surface area contributed by atoms with Gasteiger partial charge < -0.3 is 15.2 Å². The van der Waals surface area contributed by atoms with Crippen molar-refractivity contribution in [1.82, 2.24) is 14.5 Å². The average molecular weight is 298 g/mol. The molecule has 0 spiro atoms. The van der Waals surface area contributed by atoms with Gasteiger partial charge in [-0.05, 0) is 25.3 Å². The summed E-state index contributed by atoms with van der Waals surface area (Å²) < 4.78 is 2.13. The number of nitrogens with zero attached hydrogens (tertiary/aromatic N) is 3. The van der Waals surface area contributed by atoms with Gasteiger partial charge in [-0.1, -0.05) is 29.8 Å². The Balaban J connectivity index is 1.60. The number of benzene rings is 1. The van der Waals surface area contributed by atoms with Crippen LogP contribution < -0.4 is 5.73 Å². The molecule has 1 aromatic heterocycles. The van der Waals surface area contributed by atoms with Gasteiger partial charge in [0.2, 0.25) is 5.91 Å². The molecule has 116 valence electrons. The van der Waals surface area contributed by atoms with Gasteiger partial charge in [-0.25, -0.2) is 4.98 Å². The zero-order valence-electron chi connectivity index (χ0n) is 12.9. The summed E-state index contributed by atoms with van der Waals surface area (Å²) in [7, 11) is 0. The third kappa shape index (κ3) is 3.04. The Morgan fingerprint density at radius 3 is 2.55 bits per heavy atom. The summed E-state index contributed by atoms with van der Waals surface area (Å²) in [6.07, 6.45) is 7.52. The van der Waals surface area contributed by atoms with E-state index >= 15 is 0 Å². The summed E-state index contributed by atoms with van der Waals surface area (Å²) in [5.41, 5.74) is 8.19. The summed E-state index contributed by atoms with van der Waals surface area (Å²) in [6, 6.07) is 7.74. The number of imidazole rings is 1. The quantitative estimate of drug-likeness (QED) is 0.943. The van der Waals surface area contributed by atoms with Crippen LogP contribution in [0.3, 0.4) is 0 Å². The summed E-state index contributed by atoms with van der Waals surface area (Å²) in [5.74, 6) is 0.0212. The highest BCUT2D eigenvalue weighted by Gasteiger charge is 2.27. The normalized spacial score (nSPS) is 17.5. The predicted octanol–water partition coefficient (Wildman–Crippen LogP) is 2.06. The number of carbonyl (C=O) groups excluding carboxylic acids is 1. The first-order chi connectivity index (χ1) is 10.6. The predicted molar refractivity (Wildman–Crippen MR) is 85.2 cm³/mol. The molecule has 1 atom stereocenters. The van der Waals surface area contributed by atoms with Crippen LogP contribution in [0.5, 0.6) is 0 Å². The number of amides is 1. The third-order valence-corrected chi connectivity index (χ3v) is 4.43. The van der Waals surface area contributed by atoms with E-state index in [0.29, 0.717) is 6.04 Å². The van der Waals surface area contributed by atoms with Crippen LogP contribution in [0, 0.1) is 6.92 Å². The van der Waals surface area contributed by atoms with Gasteiger partial charge in [-0.2, -0.15) is 0 Å². The second-order valence-electron chi connectivity index (χ2n) is 5.95. The van der Waals surface area contributed by atoms with Crippen molar-refractivity contribution in [2.45, 2.75) is 31.8 Å². The molecular weight excluding hydrogens is 276 g/mol. The molecule has 5 heteroatoms. The summed E-state index contributed by atoms with van der Waals surface area (Å²) in [5, 5.41) is 0. The Bertz CT molecular complexity index is 613. The first-order valence-electron chi connectivity index (χ1n) is 7.73. The molecule has 1 aliphatic heterocycles. The van der Waals surface area contributed by atoms with Gasteiger partial charge in [0.1, 0.15) is 6.04 Å². The average Bonchev–Trinajstić information content (AvgIpc) is 3.09. The molecule has 1 amide bonds. The van der Waals surface area contributed by atoms with Crippen LogP contribution in [0.4, 0.5) is 0 Å². The number of aromatic nitrogens is 2. The molecule has 1 saturated heterocycles. The molecule has 5 nitrogen and oxygen atoms in total. The van der Waals surface area contributed by atoms with Crippen LogP contribution in [-0.4, -0.2) is 33.4 Å². The maximum Gasteiger partial charge on any atom is 0.244 e. The minimum Gasteiger partial charge on any atom is -0.341 e. The number of hydrogen-bond acceptors (Lipinski definition) is 3. The Morgan fingerprint density at radius 2 is 1.95 bits per heavy atom. The highest BCUT2D eigenvalue weighted by molar-refractivity contribution is 5.83. The number of likely N-dealkylation sites (tertiary alicyclic amines) is 1. The fraction of sp³-hybridized carbons (Fsp3) is 0.412. The van der Waals surface area contributed by atoms with E-state index in [4.69, 9.17) is 5.73 Å². The fourth-order valence-corrected chi connectivity index (χ4v) is 2.98. The zero-order valence-corrected chi connectivity index (χ0v) is 12.9. The summed E-state index contributed by atoms with van der Waals surface area (Å²) in [6.45, 7) is 3.53. The van der Waals surface area contributed by atoms with Gasteiger partial charge in [0.15, 0.2) is 0 Å². The Labute approximate surface area is 130 Å². The van der Waals surface area contributed by atoms with Crippen LogP contribution >= 0.6 is 0 Å². The molecule has 1 aromatic carbocycles. The lowest BCUT2D eigenvalue weighted by Crippen LogP contribution is -2.43. The number of carbonyl (C=O) groups is 1. The van der Waals surface area contributed by atoms with Crippen molar-refractivity contribution in [3.63, 3.8) is 0 Å². The molecule has 1 unspecified atom stereocenters. The number of piperidine rings is 1. The van der Waals surface area contributed by atoms with E-state index in [0.717, 1.165) is 31.5 Å². The number of nitrogens with two attached hydrogens (primary N) is 1. The highest BCUT2D eigenvalue weighted by atomic mass is 16.2. The standard InChI is InChI=1S/C17H22N4O/c1-13-2-4-14(5-3-13)16(18)17(22)20-9-6-15(7-10-20)21-11-8-19-12-21/h2-5,8,11-12,15-16H,6-7,9-10,18H2,1H3. The molecule has 22 heavy (non-hydrogen) atoms. The Morgan fingerprint density at radius 1 is 1.27 bits per heavy atom. The molecule has 0 radical (unpaired) electrons. The largest absolute Gasteiger partial charge is 0.341 e. The number of rotatable bonds is 3. The second kappa shape index (κ2) is 6.32. The molecule has 2 heterocycles. The van der Waals surface area contributed by atoms with Crippen LogP contribution in [0.1, 0.15) is 36.1 Å². The van der Waals surface area contributed by atoms with Crippen molar-refractivity contribution < 1.29 is 4.79 Å². The van der Waals surface area contributed by atoms with E-state index in [1.165, 1.54) is 5.56 Å². The van der Waals surface area contributed by atoms with Crippen molar-refractivity contribution in [3.8, 4) is 0 Å². The van der Waals surface area contributed by atoms with Crippen LogP contribution in [0.2, 0.25) is 0 Å². The van der Waals surface area contributed by atoms with Gasteiger partial charge in [0.05, 0.1) is 6.33 Å². The molecule has 0 aliphatic carbocycles. The zero-order chi connectivity index (χ0) is 15.5. The minimum atomic E-state index is -0.564. The van der Waals surface area contributed by atoms with Crippen molar-refractivity contribution in [2.75, 3.05) is 13.1 Å². The summed E-state index contributed by atoms with van der Waals surface area (Å²) in [4.78, 5) is 18.5. The van der Waals surface area contributed by atoms with Gasteiger partial charge in [0.25, 0.3) is 0 Å². The van der Waals surface area contributed by atoms with E-state index in [2.05, 4.69) is 9.55 Å². The lowest BCUT2D eigenvalue weighted by Gasteiger charge is -2.34. The SMILES string of the molecule is Cc1ccc(C(N)C(=O)N2CCC(n3ccnc3)CC2)cc1. The van der Waals surface area contributed by atoms with E-state index in [1.54, 1.807) is 6.20 Å². The van der Waals surface area contributed by atoms with Crippen molar-refractivity contribution in [1.29, 1.82) is 0 Å². The highest BCUT2D eigenvalue weighted by Crippen LogP contribution is 2.24. The number of hydrogen-bond donors (Lipinski definition) is 1. The van der Waals surface area contributed by atoms with E-state index in [-0.39, 0.29) is 5.91 Å². The first kappa shape index (κ1) is 14.8. The van der Waals surface area contributed by atoms with Crippen molar-refractivity contribution in [3.05, 3.63) is 54.1 Å². The van der Waals surface area contributed by atoms with Crippen LogP contribution in [0.15, 0.2) is 43.0 Å². The molecular formula is C17H22N4O. The maximum atomic E-state index is 12.6. The fourth-order valence-electron chi connectivity index (χ4n) is 2.98. The van der Waals surface area contributed by atoms with Crippen LogP contribution in [-0.2, 0) is 4.79 Å². The van der Waals surface area contributed by atoms with Gasteiger partial charge in [-0.15, -0.1) is 0 Å². The smallest absolute Gasteiger partial charge is 0.244 e. The van der Waals surface area contributed by atoms with Gasteiger partial charge >= 0.3 is 0 Å². The molecule has 2 aromatic rings. The Hall–Kier alpha value is -2.14. The third-order valence-electron chi connectivity index (χ3n) is 4.43. The second-order valence-corrected chi connectivity index (χ2v) is 5.95. The van der Waals surface area contributed by atoms with E-state index in [9.17, 15) is 4.79 Å². The number of aryl methyl sites for hydroxylation is 1. The first-order valence-corrected chi connectivity index (χ1v) is 7.73. The lowest BCUT2D eigenvalue weighted by molar-refractivity contribution is -0.134. The van der Waals surface area contributed by atoms with Crippen LogP contribution in [0.25, 0.3) is 0 Å². The topological polar surface area (TPSA) is 64.2 Å². The summed E-state index contributed by atoms with van der Waals surface area (Å²) >= 11 is 0. The van der Waals surface area contributed by atoms with Crippen molar-refractivity contribution in [2.24, 2.45) is 5.73 Å². The monoisotopic (exact) mass is 298 g/mol. The minimum absolute atomic E-state index is 0.0212. The molecule has 1 aliphatic rings. The van der Waals surface area contributed by atoms with Gasteiger partial charge in [0, 0.05) is 31.5 Å². The Kier molecular flexibility index (Phi) is 4.24. The molecule has 2 N–H and O–H groups in total. The molecule has 3 rings (SSSR count). The lowest BCUT2D eigenvalue weighted by atomic mass is 10.0. The maximum absolute atomic E-state index is 12.6. The molecule has 0 bridgehead atoms. The van der Waals surface area contributed by atoms with Gasteiger partial charge in [-0.3, -0.25) is 4.79 Å². The van der Waals surface area contributed by atoms with Crippen molar-refractivity contribution >= 4 is 5.91 Å². The molecule has 0 saturated carbocycles. The van der Waals surface area contributed by atoms with E-state index in [1.807, 2.05) is 48.6 Å². The van der Waals surface area contributed by atoms with E-state index < -0.39 is 6.04 Å².